The summed E-state index contributed by atoms with van der Waals surface area (Å²) in [4.78, 5) is 44.6. The first-order valence-electron chi connectivity index (χ1n) is 10.7. The molecule has 6 rings (SSSR count). The van der Waals surface area contributed by atoms with E-state index in [1.165, 1.54) is 4.90 Å². The second kappa shape index (κ2) is 6.17. The quantitative estimate of drug-likeness (QED) is 0.697. The number of hydrogen-bond donors (Lipinski definition) is 1. The molecule has 31 heavy (non-hydrogen) atoms. The van der Waals surface area contributed by atoms with Crippen LogP contribution in [0.3, 0.4) is 0 Å². The average molecular weight is 436 g/mol. The zero-order valence-corrected chi connectivity index (χ0v) is 18.1. The maximum absolute atomic E-state index is 13.8. The fraction of sp³-hybridized carbons (Fsp3) is 0.375. The number of imide groups is 1. The van der Waals surface area contributed by atoms with E-state index in [1.54, 1.807) is 24.3 Å². The fourth-order valence-electron chi connectivity index (χ4n) is 6.36. The van der Waals surface area contributed by atoms with Crippen LogP contribution in [0.25, 0.3) is 0 Å². The van der Waals surface area contributed by atoms with Crippen LogP contribution in [0.15, 0.2) is 36.4 Å². The lowest BCUT2D eigenvalue weighted by Gasteiger charge is -2.36. The molecule has 0 aromatic heterocycles. The standard InChI is InChI=1S/C24H22ClN3O3/c1-12-5-10-16-20(13(12)2)26-23(31)24(16)19-18(17-4-3-11-27(17)24)21(29)28(22(19)30)15-8-6-14(25)7-9-15/h5-10,17-19H,3-4,11H2,1-2H3,(H,26,31)/t17-,18-,19+,24+/m1/s1. The Balaban J connectivity index is 1.56. The number of carbonyl (C=O) groups excluding carboxylic acids is 3. The number of benzene rings is 2. The Kier molecular flexibility index (Phi) is 3.79. The third-order valence-electron chi connectivity index (χ3n) is 7.78. The number of carbonyl (C=O) groups is 3. The molecule has 4 atom stereocenters. The number of amides is 3. The minimum Gasteiger partial charge on any atom is -0.324 e. The van der Waals surface area contributed by atoms with Crippen LogP contribution in [0.2, 0.25) is 5.02 Å². The number of halogens is 1. The van der Waals surface area contributed by atoms with Crippen molar-refractivity contribution in [3.63, 3.8) is 0 Å². The summed E-state index contributed by atoms with van der Waals surface area (Å²) < 4.78 is 0. The van der Waals surface area contributed by atoms with Gasteiger partial charge in [0.05, 0.1) is 17.5 Å². The SMILES string of the molecule is Cc1ccc2c(c1C)NC(=O)[C@@]21[C@@H]2C(=O)N(c3ccc(Cl)cc3)C(=O)[C@@H]2[C@H]2CCCN21. The van der Waals surface area contributed by atoms with Crippen LogP contribution in [0.4, 0.5) is 11.4 Å². The number of anilines is 2. The molecule has 4 heterocycles. The van der Waals surface area contributed by atoms with Gasteiger partial charge in [-0.15, -0.1) is 0 Å². The van der Waals surface area contributed by atoms with E-state index in [-0.39, 0.29) is 23.8 Å². The van der Waals surface area contributed by atoms with Gasteiger partial charge < -0.3 is 5.32 Å². The molecule has 1 N–H and O–H groups in total. The molecule has 3 amide bonds. The third-order valence-corrected chi connectivity index (χ3v) is 8.04. The van der Waals surface area contributed by atoms with Crippen molar-refractivity contribution < 1.29 is 14.4 Å². The zero-order valence-electron chi connectivity index (χ0n) is 17.3. The highest BCUT2D eigenvalue weighted by Gasteiger charge is 2.74. The Bertz CT molecular complexity index is 1180. The van der Waals surface area contributed by atoms with Crippen molar-refractivity contribution in [1.82, 2.24) is 4.90 Å². The molecule has 6 nitrogen and oxygen atoms in total. The Morgan fingerprint density at radius 3 is 2.52 bits per heavy atom. The summed E-state index contributed by atoms with van der Waals surface area (Å²) in [6, 6.07) is 10.6. The van der Waals surface area contributed by atoms with E-state index in [0.29, 0.717) is 17.3 Å². The third kappa shape index (κ3) is 2.14. The van der Waals surface area contributed by atoms with E-state index in [9.17, 15) is 14.4 Å². The summed E-state index contributed by atoms with van der Waals surface area (Å²) in [5.41, 5.74) is 3.09. The first-order chi connectivity index (χ1) is 14.9. The van der Waals surface area contributed by atoms with Gasteiger partial charge >= 0.3 is 0 Å². The van der Waals surface area contributed by atoms with Crippen LogP contribution in [0.5, 0.6) is 0 Å². The molecule has 3 fully saturated rings. The highest BCUT2D eigenvalue weighted by atomic mass is 35.5. The summed E-state index contributed by atoms with van der Waals surface area (Å²) in [5, 5.41) is 3.62. The molecule has 2 aromatic carbocycles. The molecule has 3 saturated heterocycles. The summed E-state index contributed by atoms with van der Waals surface area (Å²) >= 11 is 6.01. The molecular formula is C24H22ClN3O3. The summed E-state index contributed by atoms with van der Waals surface area (Å²) in [7, 11) is 0. The average Bonchev–Trinajstić information content (AvgIpc) is 3.45. The first kappa shape index (κ1) is 19.0. The second-order valence-corrected chi connectivity index (χ2v) is 9.48. The Labute approximate surface area is 185 Å². The lowest BCUT2D eigenvalue weighted by Crippen LogP contribution is -2.54. The minimum absolute atomic E-state index is 0.114. The monoisotopic (exact) mass is 435 g/mol. The largest absolute Gasteiger partial charge is 0.324 e. The van der Waals surface area contributed by atoms with Crippen molar-refractivity contribution >= 4 is 40.7 Å². The Hall–Kier alpha value is -2.70. The van der Waals surface area contributed by atoms with E-state index in [1.807, 2.05) is 26.0 Å². The number of nitrogens with zero attached hydrogens (tertiary/aromatic N) is 2. The summed E-state index contributed by atoms with van der Waals surface area (Å²) in [6.07, 6.45) is 1.72. The molecule has 1 spiro atoms. The van der Waals surface area contributed by atoms with Gasteiger partial charge in [-0.1, -0.05) is 23.7 Å². The van der Waals surface area contributed by atoms with Gasteiger partial charge in [0.25, 0.3) is 0 Å². The number of rotatable bonds is 1. The van der Waals surface area contributed by atoms with Gasteiger partial charge in [-0.3, -0.25) is 19.3 Å². The van der Waals surface area contributed by atoms with E-state index < -0.39 is 17.4 Å². The summed E-state index contributed by atoms with van der Waals surface area (Å²) in [6.45, 7) is 4.71. The van der Waals surface area contributed by atoms with Crippen molar-refractivity contribution in [3.05, 3.63) is 58.1 Å². The van der Waals surface area contributed by atoms with Crippen molar-refractivity contribution in [3.8, 4) is 0 Å². The van der Waals surface area contributed by atoms with Crippen LogP contribution < -0.4 is 10.2 Å². The molecule has 0 aliphatic carbocycles. The number of aryl methyl sites for hydroxylation is 1. The Morgan fingerprint density at radius 2 is 1.77 bits per heavy atom. The van der Waals surface area contributed by atoms with Gasteiger partial charge in [0.2, 0.25) is 17.7 Å². The van der Waals surface area contributed by atoms with Gasteiger partial charge in [-0.2, -0.15) is 0 Å². The number of hydrogen-bond acceptors (Lipinski definition) is 4. The van der Waals surface area contributed by atoms with E-state index in [2.05, 4.69) is 10.2 Å². The highest BCUT2D eigenvalue weighted by Crippen LogP contribution is 2.61. The van der Waals surface area contributed by atoms with Crippen LogP contribution in [0.1, 0.15) is 29.5 Å². The Morgan fingerprint density at radius 1 is 1.03 bits per heavy atom. The van der Waals surface area contributed by atoms with Crippen molar-refractivity contribution in [2.75, 3.05) is 16.8 Å². The molecule has 2 aromatic rings. The topological polar surface area (TPSA) is 69.7 Å². The predicted octanol–water partition coefficient (Wildman–Crippen LogP) is 3.39. The van der Waals surface area contributed by atoms with E-state index in [4.69, 9.17) is 11.6 Å². The molecule has 4 aliphatic heterocycles. The smallest absolute Gasteiger partial charge is 0.250 e. The lowest BCUT2D eigenvalue weighted by molar-refractivity contribution is -0.135. The van der Waals surface area contributed by atoms with Gasteiger partial charge in [0, 0.05) is 22.3 Å². The molecule has 0 unspecified atom stereocenters. The maximum atomic E-state index is 13.8. The molecule has 0 saturated carbocycles. The molecule has 7 heteroatoms. The molecular weight excluding hydrogens is 414 g/mol. The normalized spacial score (nSPS) is 31.4. The molecule has 158 valence electrons. The molecule has 0 radical (unpaired) electrons. The lowest BCUT2D eigenvalue weighted by atomic mass is 9.75. The van der Waals surface area contributed by atoms with Crippen molar-refractivity contribution in [1.29, 1.82) is 0 Å². The van der Waals surface area contributed by atoms with Crippen LogP contribution in [-0.2, 0) is 19.9 Å². The zero-order chi connectivity index (χ0) is 21.7. The number of fused-ring (bicyclic) bond motifs is 7. The second-order valence-electron chi connectivity index (χ2n) is 9.05. The minimum atomic E-state index is -1.13. The van der Waals surface area contributed by atoms with Gasteiger partial charge in [0.15, 0.2) is 0 Å². The van der Waals surface area contributed by atoms with Gasteiger partial charge in [-0.05, 0) is 68.6 Å². The highest BCUT2D eigenvalue weighted by molar-refractivity contribution is 6.31. The summed E-state index contributed by atoms with van der Waals surface area (Å²) in [5.74, 6) is -1.95. The fourth-order valence-corrected chi connectivity index (χ4v) is 6.49. The first-order valence-corrected chi connectivity index (χ1v) is 11.1. The maximum Gasteiger partial charge on any atom is 0.250 e. The van der Waals surface area contributed by atoms with Crippen LogP contribution in [-0.4, -0.2) is 35.2 Å². The van der Waals surface area contributed by atoms with E-state index >= 15 is 0 Å². The molecule has 0 bridgehead atoms. The van der Waals surface area contributed by atoms with Gasteiger partial charge in [0.1, 0.15) is 5.54 Å². The van der Waals surface area contributed by atoms with Crippen molar-refractivity contribution in [2.24, 2.45) is 11.8 Å². The predicted molar refractivity (Wildman–Crippen MR) is 117 cm³/mol. The van der Waals surface area contributed by atoms with Crippen LogP contribution >= 0.6 is 11.6 Å². The van der Waals surface area contributed by atoms with Crippen LogP contribution in [0, 0.1) is 25.7 Å². The molecule has 4 aliphatic rings. The van der Waals surface area contributed by atoms with Crippen molar-refractivity contribution in [2.45, 2.75) is 38.3 Å². The number of nitrogens with one attached hydrogen (secondary N) is 1. The van der Waals surface area contributed by atoms with E-state index in [0.717, 1.165) is 35.2 Å². The van der Waals surface area contributed by atoms with Gasteiger partial charge in [-0.25, -0.2) is 4.90 Å².